The molecule has 3 rings (SSSR count). The number of benzene rings is 2. The Morgan fingerprint density at radius 2 is 1.96 bits per heavy atom. The van der Waals surface area contributed by atoms with Crippen molar-refractivity contribution in [3.8, 4) is 0 Å². The van der Waals surface area contributed by atoms with Gasteiger partial charge in [-0.25, -0.2) is 0 Å². The van der Waals surface area contributed by atoms with Gasteiger partial charge in [-0.1, -0.05) is 58.4 Å². The lowest BCUT2D eigenvalue weighted by Crippen LogP contribution is -2.35. The van der Waals surface area contributed by atoms with Gasteiger partial charge in [0.15, 0.2) is 0 Å². The lowest BCUT2D eigenvalue weighted by molar-refractivity contribution is -0.133. The second-order valence-electron chi connectivity index (χ2n) is 6.67. The van der Waals surface area contributed by atoms with Gasteiger partial charge in [0.1, 0.15) is 0 Å². The zero-order chi connectivity index (χ0) is 18.5. The van der Waals surface area contributed by atoms with Gasteiger partial charge in [-0.15, -0.1) is 0 Å². The zero-order valence-electron chi connectivity index (χ0n) is 14.8. The number of nitrogens with zero attached hydrogens (tertiary/aromatic N) is 1. The van der Waals surface area contributed by atoms with Crippen molar-refractivity contribution in [3.63, 3.8) is 0 Å². The third-order valence-corrected chi connectivity index (χ3v) is 5.26. The molecule has 1 aliphatic heterocycles. The standard InChI is InChI=1S/C21H23BrN2O2/c1-15(25)23-19(16-7-3-2-4-8-16)14-21(26)24-12-6-11-20(24)17-9-5-10-18(22)13-17/h2-5,7-10,13,19-20H,6,11-12,14H2,1H3,(H,23,25). The number of rotatable bonds is 5. The van der Waals surface area contributed by atoms with E-state index in [-0.39, 0.29) is 30.3 Å². The van der Waals surface area contributed by atoms with E-state index in [4.69, 9.17) is 0 Å². The Kier molecular flexibility index (Phi) is 6.09. The molecule has 0 bridgehead atoms. The second kappa shape index (κ2) is 8.49. The first-order valence-electron chi connectivity index (χ1n) is 8.91. The van der Waals surface area contributed by atoms with E-state index in [9.17, 15) is 9.59 Å². The summed E-state index contributed by atoms with van der Waals surface area (Å²) in [5, 5.41) is 2.92. The summed E-state index contributed by atoms with van der Waals surface area (Å²) >= 11 is 3.51. The summed E-state index contributed by atoms with van der Waals surface area (Å²) in [6.45, 7) is 2.25. The highest BCUT2D eigenvalue weighted by Gasteiger charge is 2.31. The molecule has 0 radical (unpaired) electrons. The molecule has 5 heteroatoms. The number of hydrogen-bond acceptors (Lipinski definition) is 2. The van der Waals surface area contributed by atoms with Crippen molar-refractivity contribution in [1.29, 1.82) is 0 Å². The van der Waals surface area contributed by atoms with Crippen LogP contribution in [0.4, 0.5) is 0 Å². The smallest absolute Gasteiger partial charge is 0.225 e. The van der Waals surface area contributed by atoms with Crippen LogP contribution in [0, 0.1) is 0 Å². The predicted molar refractivity (Wildman–Crippen MR) is 105 cm³/mol. The summed E-state index contributed by atoms with van der Waals surface area (Å²) in [5.41, 5.74) is 2.11. The van der Waals surface area contributed by atoms with Gasteiger partial charge in [0.25, 0.3) is 0 Å². The fraction of sp³-hybridized carbons (Fsp3) is 0.333. The lowest BCUT2D eigenvalue weighted by Gasteiger charge is -2.28. The van der Waals surface area contributed by atoms with E-state index in [0.29, 0.717) is 0 Å². The number of halogens is 1. The van der Waals surface area contributed by atoms with Gasteiger partial charge < -0.3 is 10.2 Å². The van der Waals surface area contributed by atoms with Gasteiger partial charge in [-0.2, -0.15) is 0 Å². The molecular weight excluding hydrogens is 392 g/mol. The van der Waals surface area contributed by atoms with Gasteiger partial charge in [0.2, 0.25) is 11.8 Å². The summed E-state index contributed by atoms with van der Waals surface area (Å²) in [6, 6.07) is 17.6. The average molecular weight is 415 g/mol. The summed E-state index contributed by atoms with van der Waals surface area (Å²) in [7, 11) is 0. The molecule has 4 nitrogen and oxygen atoms in total. The molecule has 0 aliphatic carbocycles. The topological polar surface area (TPSA) is 49.4 Å². The van der Waals surface area contributed by atoms with Gasteiger partial charge in [-0.05, 0) is 36.1 Å². The van der Waals surface area contributed by atoms with E-state index in [0.717, 1.165) is 35.0 Å². The number of hydrogen-bond donors (Lipinski definition) is 1. The van der Waals surface area contributed by atoms with E-state index in [2.05, 4.69) is 33.4 Å². The first-order chi connectivity index (χ1) is 12.5. The first-order valence-corrected chi connectivity index (χ1v) is 9.71. The molecule has 1 fully saturated rings. The third-order valence-electron chi connectivity index (χ3n) is 4.76. The largest absolute Gasteiger partial charge is 0.349 e. The Morgan fingerprint density at radius 1 is 1.19 bits per heavy atom. The number of nitrogens with one attached hydrogen (secondary N) is 1. The number of likely N-dealkylation sites (tertiary alicyclic amines) is 1. The summed E-state index contributed by atoms with van der Waals surface area (Å²) < 4.78 is 1.02. The summed E-state index contributed by atoms with van der Waals surface area (Å²) in [4.78, 5) is 26.6. The SMILES string of the molecule is CC(=O)NC(CC(=O)N1CCCC1c1cccc(Br)c1)c1ccccc1. The van der Waals surface area contributed by atoms with E-state index >= 15 is 0 Å². The van der Waals surface area contributed by atoms with E-state index < -0.39 is 0 Å². The maximum Gasteiger partial charge on any atom is 0.225 e. The summed E-state index contributed by atoms with van der Waals surface area (Å²) in [6.07, 6.45) is 2.24. The average Bonchev–Trinajstić information content (AvgIpc) is 3.11. The van der Waals surface area contributed by atoms with Crippen molar-refractivity contribution in [2.45, 2.75) is 38.3 Å². The molecule has 2 aromatic rings. The highest BCUT2D eigenvalue weighted by molar-refractivity contribution is 9.10. The van der Waals surface area contributed by atoms with E-state index in [1.807, 2.05) is 47.4 Å². The molecule has 0 spiro atoms. The van der Waals surface area contributed by atoms with Crippen LogP contribution in [-0.4, -0.2) is 23.3 Å². The third kappa shape index (κ3) is 4.52. The molecule has 2 unspecified atom stereocenters. The lowest BCUT2D eigenvalue weighted by atomic mass is 10.0. The van der Waals surface area contributed by atoms with Gasteiger partial charge in [0, 0.05) is 17.9 Å². The van der Waals surface area contributed by atoms with Gasteiger partial charge in [-0.3, -0.25) is 9.59 Å². The molecule has 1 heterocycles. The number of carbonyl (C=O) groups is 2. The Bertz CT molecular complexity index is 779. The quantitative estimate of drug-likeness (QED) is 0.788. The Morgan fingerprint density at radius 3 is 2.65 bits per heavy atom. The van der Waals surface area contributed by atoms with Crippen LogP contribution in [0.5, 0.6) is 0 Å². The van der Waals surface area contributed by atoms with Crippen LogP contribution in [0.3, 0.4) is 0 Å². The van der Waals surface area contributed by atoms with Crippen molar-refractivity contribution >= 4 is 27.7 Å². The highest BCUT2D eigenvalue weighted by atomic mass is 79.9. The van der Waals surface area contributed by atoms with Crippen molar-refractivity contribution < 1.29 is 9.59 Å². The van der Waals surface area contributed by atoms with Crippen LogP contribution in [-0.2, 0) is 9.59 Å². The van der Waals surface area contributed by atoms with Crippen LogP contribution in [0.1, 0.15) is 49.4 Å². The van der Waals surface area contributed by atoms with Crippen molar-refractivity contribution in [1.82, 2.24) is 10.2 Å². The highest BCUT2D eigenvalue weighted by Crippen LogP contribution is 2.34. The Balaban J connectivity index is 1.77. The fourth-order valence-electron chi connectivity index (χ4n) is 3.60. The number of carbonyl (C=O) groups excluding carboxylic acids is 2. The number of amides is 2. The Hall–Kier alpha value is -2.14. The zero-order valence-corrected chi connectivity index (χ0v) is 16.4. The molecule has 2 aromatic carbocycles. The maximum absolute atomic E-state index is 13.0. The molecule has 2 amide bonds. The molecule has 0 aromatic heterocycles. The van der Waals surface area contributed by atoms with Gasteiger partial charge in [0.05, 0.1) is 18.5 Å². The van der Waals surface area contributed by atoms with Crippen molar-refractivity contribution in [2.75, 3.05) is 6.54 Å². The van der Waals surface area contributed by atoms with Crippen molar-refractivity contribution in [3.05, 3.63) is 70.2 Å². The van der Waals surface area contributed by atoms with Crippen LogP contribution in [0.2, 0.25) is 0 Å². The van der Waals surface area contributed by atoms with Crippen LogP contribution >= 0.6 is 15.9 Å². The van der Waals surface area contributed by atoms with Crippen LogP contribution in [0.25, 0.3) is 0 Å². The van der Waals surface area contributed by atoms with Crippen molar-refractivity contribution in [2.24, 2.45) is 0 Å². The van der Waals surface area contributed by atoms with E-state index in [1.54, 1.807) is 0 Å². The molecule has 2 atom stereocenters. The van der Waals surface area contributed by atoms with Crippen LogP contribution in [0.15, 0.2) is 59.1 Å². The van der Waals surface area contributed by atoms with Crippen LogP contribution < -0.4 is 5.32 Å². The maximum atomic E-state index is 13.0. The molecule has 1 saturated heterocycles. The minimum Gasteiger partial charge on any atom is -0.349 e. The fourth-order valence-corrected chi connectivity index (χ4v) is 4.02. The van der Waals surface area contributed by atoms with Gasteiger partial charge >= 0.3 is 0 Å². The molecule has 0 saturated carbocycles. The first kappa shape index (κ1) is 18.6. The molecule has 136 valence electrons. The monoisotopic (exact) mass is 414 g/mol. The molecule has 1 N–H and O–H groups in total. The summed E-state index contributed by atoms with van der Waals surface area (Å²) in [5.74, 6) is -0.0494. The van der Waals surface area contributed by atoms with E-state index in [1.165, 1.54) is 6.92 Å². The predicted octanol–water partition coefficient (Wildman–Crippen LogP) is 4.38. The second-order valence-corrected chi connectivity index (χ2v) is 7.58. The minimum absolute atomic E-state index is 0.0788. The molecule has 26 heavy (non-hydrogen) atoms. The minimum atomic E-state index is -0.301. The molecule has 1 aliphatic rings. The molecular formula is C21H23BrN2O2. The normalized spacial score (nSPS) is 17.8. The Labute approximate surface area is 162 Å².